The van der Waals surface area contributed by atoms with Gasteiger partial charge in [-0.1, -0.05) is 41.0 Å². The highest BCUT2D eigenvalue weighted by Crippen LogP contribution is 2.31. The lowest BCUT2D eigenvalue weighted by Gasteiger charge is -2.12. The quantitative estimate of drug-likeness (QED) is 0.242. The van der Waals surface area contributed by atoms with Crippen LogP contribution in [0.5, 0.6) is 5.75 Å². The number of nitrogens with one attached hydrogen (secondary N) is 1. The first-order valence-electron chi connectivity index (χ1n) is 10.3. The summed E-state index contributed by atoms with van der Waals surface area (Å²) in [6, 6.07) is 17.2. The summed E-state index contributed by atoms with van der Waals surface area (Å²) in [7, 11) is 0. The SMILES string of the molecule is CC=C/C(=N\ON)c1ccc2ncnc(Nc3ccc(OCc4cccc(F)c4)c(Cl)c3)c2c1. The van der Waals surface area contributed by atoms with E-state index >= 15 is 0 Å². The molecule has 0 atom stereocenters. The monoisotopic (exact) mass is 477 g/mol. The van der Waals surface area contributed by atoms with Crippen LogP contribution in [-0.4, -0.2) is 15.7 Å². The molecule has 0 aliphatic carbocycles. The fourth-order valence-corrected chi connectivity index (χ4v) is 3.56. The molecule has 9 heteroatoms. The van der Waals surface area contributed by atoms with Gasteiger partial charge in [0.25, 0.3) is 0 Å². The molecule has 0 spiro atoms. The molecule has 0 aliphatic rings. The Balaban J connectivity index is 1.57. The number of nitrogens with two attached hydrogens (primary N) is 1. The number of allylic oxidation sites excluding steroid dienone is 2. The second-order valence-corrected chi connectivity index (χ2v) is 7.63. The van der Waals surface area contributed by atoms with E-state index < -0.39 is 0 Å². The van der Waals surface area contributed by atoms with Crippen molar-refractivity contribution in [3.8, 4) is 5.75 Å². The zero-order valence-electron chi connectivity index (χ0n) is 18.2. The predicted molar refractivity (Wildman–Crippen MR) is 132 cm³/mol. The largest absolute Gasteiger partial charge is 0.487 e. The Labute approximate surface area is 200 Å². The van der Waals surface area contributed by atoms with Gasteiger partial charge in [0.15, 0.2) is 0 Å². The van der Waals surface area contributed by atoms with Crippen molar-refractivity contribution in [1.82, 2.24) is 9.97 Å². The molecule has 1 aromatic heterocycles. The standard InChI is InChI=1S/C25H21ClFN5O2/c1-2-4-22(32-34-28)17-7-9-23-20(12-17)25(30-15-29-23)31-19-8-10-24(21(26)13-19)33-14-16-5-3-6-18(27)11-16/h2-13,15H,14,28H2,1H3,(H,29,30,31)/b4-2?,32-22+. The second-order valence-electron chi connectivity index (χ2n) is 7.22. The zero-order valence-corrected chi connectivity index (χ0v) is 19.0. The highest BCUT2D eigenvalue weighted by Gasteiger charge is 2.10. The number of halogens is 2. The van der Waals surface area contributed by atoms with Gasteiger partial charge >= 0.3 is 0 Å². The van der Waals surface area contributed by atoms with Gasteiger partial charge in [-0.15, -0.1) is 5.90 Å². The number of benzene rings is 3. The van der Waals surface area contributed by atoms with E-state index in [2.05, 4.69) is 25.4 Å². The van der Waals surface area contributed by atoms with E-state index in [4.69, 9.17) is 22.2 Å². The van der Waals surface area contributed by atoms with E-state index in [1.165, 1.54) is 18.5 Å². The van der Waals surface area contributed by atoms with Crippen LogP contribution in [0.25, 0.3) is 10.9 Å². The second kappa shape index (κ2) is 10.7. The number of nitrogens with zero attached hydrogens (tertiary/aromatic N) is 3. The summed E-state index contributed by atoms with van der Waals surface area (Å²) in [5.41, 5.74) is 3.51. The maximum atomic E-state index is 13.4. The van der Waals surface area contributed by atoms with E-state index in [9.17, 15) is 4.39 Å². The molecular formula is C25H21ClFN5O2. The van der Waals surface area contributed by atoms with E-state index in [1.54, 1.807) is 30.3 Å². The summed E-state index contributed by atoms with van der Waals surface area (Å²) in [5, 5.41) is 8.32. The van der Waals surface area contributed by atoms with Gasteiger partial charge in [0.2, 0.25) is 0 Å². The first kappa shape index (κ1) is 23.2. The number of aromatic nitrogens is 2. The Kier molecular flexibility index (Phi) is 7.31. The van der Waals surface area contributed by atoms with E-state index in [0.717, 1.165) is 16.5 Å². The minimum Gasteiger partial charge on any atom is -0.487 e. The maximum absolute atomic E-state index is 13.4. The van der Waals surface area contributed by atoms with Crippen molar-refractivity contribution >= 4 is 39.7 Å². The van der Waals surface area contributed by atoms with Crippen molar-refractivity contribution in [3.05, 3.63) is 101 Å². The van der Waals surface area contributed by atoms with Crippen LogP contribution in [-0.2, 0) is 11.5 Å². The molecule has 7 nitrogen and oxygen atoms in total. The van der Waals surface area contributed by atoms with Gasteiger partial charge in [-0.3, -0.25) is 0 Å². The fourth-order valence-electron chi connectivity index (χ4n) is 3.33. The molecule has 172 valence electrons. The molecule has 1 heterocycles. The molecule has 3 aromatic carbocycles. The first-order chi connectivity index (χ1) is 16.6. The van der Waals surface area contributed by atoms with Crippen molar-refractivity contribution in [1.29, 1.82) is 0 Å². The highest BCUT2D eigenvalue weighted by molar-refractivity contribution is 6.32. The lowest BCUT2D eigenvalue weighted by Crippen LogP contribution is -2.03. The van der Waals surface area contributed by atoms with Gasteiger partial charge in [0.1, 0.15) is 36.0 Å². The zero-order chi connectivity index (χ0) is 23.9. The van der Waals surface area contributed by atoms with Gasteiger partial charge in [-0.2, -0.15) is 0 Å². The number of anilines is 2. The molecule has 4 aromatic rings. The van der Waals surface area contributed by atoms with Crippen molar-refractivity contribution < 1.29 is 14.1 Å². The van der Waals surface area contributed by atoms with Crippen LogP contribution in [0.4, 0.5) is 15.9 Å². The molecule has 3 N–H and O–H groups in total. The predicted octanol–water partition coefficient (Wildman–Crippen LogP) is 5.92. The Morgan fingerprint density at radius 2 is 2.03 bits per heavy atom. The number of hydrogen-bond acceptors (Lipinski definition) is 7. The fraction of sp³-hybridized carbons (Fsp3) is 0.0800. The van der Waals surface area contributed by atoms with Crippen LogP contribution in [0.15, 0.2) is 84.3 Å². The lowest BCUT2D eigenvalue weighted by molar-refractivity contribution is 0.149. The van der Waals surface area contributed by atoms with Gasteiger partial charge < -0.3 is 15.0 Å². The molecule has 0 fully saturated rings. The van der Waals surface area contributed by atoms with Gasteiger partial charge in [0, 0.05) is 16.6 Å². The third kappa shape index (κ3) is 5.48. The van der Waals surface area contributed by atoms with Gasteiger partial charge in [0.05, 0.1) is 10.5 Å². The summed E-state index contributed by atoms with van der Waals surface area (Å²) < 4.78 is 19.1. The Bertz CT molecular complexity index is 1380. The molecule has 4 rings (SSSR count). The number of ether oxygens (including phenoxy) is 1. The van der Waals surface area contributed by atoms with Crippen molar-refractivity contribution in [2.45, 2.75) is 13.5 Å². The van der Waals surface area contributed by atoms with Gasteiger partial charge in [-0.25, -0.2) is 14.4 Å². The van der Waals surface area contributed by atoms with Crippen LogP contribution in [0.1, 0.15) is 18.1 Å². The Hall–Kier alpha value is -4.01. The van der Waals surface area contributed by atoms with Crippen LogP contribution >= 0.6 is 11.6 Å². The minimum absolute atomic E-state index is 0.201. The van der Waals surface area contributed by atoms with Gasteiger partial charge in [-0.05, 0) is 61.0 Å². The lowest BCUT2D eigenvalue weighted by atomic mass is 10.1. The number of fused-ring (bicyclic) bond motifs is 1. The maximum Gasteiger partial charge on any atom is 0.141 e. The summed E-state index contributed by atoms with van der Waals surface area (Å²) >= 11 is 6.43. The molecular weight excluding hydrogens is 457 g/mol. The van der Waals surface area contributed by atoms with Crippen molar-refractivity contribution in [2.24, 2.45) is 11.1 Å². The van der Waals surface area contributed by atoms with E-state index in [-0.39, 0.29) is 12.4 Å². The summed E-state index contributed by atoms with van der Waals surface area (Å²) in [6.45, 7) is 2.07. The molecule has 0 unspecified atom stereocenters. The number of oxime groups is 1. The third-order valence-electron chi connectivity index (χ3n) is 4.88. The molecule has 0 aliphatic heterocycles. The van der Waals surface area contributed by atoms with E-state index in [1.807, 2.05) is 37.3 Å². The summed E-state index contributed by atoms with van der Waals surface area (Å²) in [4.78, 5) is 13.2. The Morgan fingerprint density at radius 1 is 1.15 bits per heavy atom. The van der Waals surface area contributed by atoms with E-state index in [0.29, 0.717) is 33.6 Å². The van der Waals surface area contributed by atoms with Crippen LogP contribution in [0.2, 0.25) is 5.02 Å². The summed E-state index contributed by atoms with van der Waals surface area (Å²) in [5.74, 6) is 5.89. The van der Waals surface area contributed by atoms with Crippen LogP contribution in [0, 0.1) is 5.82 Å². The van der Waals surface area contributed by atoms with Crippen LogP contribution < -0.4 is 16.0 Å². The van der Waals surface area contributed by atoms with Crippen LogP contribution in [0.3, 0.4) is 0 Å². The molecule has 34 heavy (non-hydrogen) atoms. The molecule has 0 amide bonds. The average molecular weight is 478 g/mol. The number of hydrogen-bond donors (Lipinski definition) is 2. The molecule has 0 radical (unpaired) electrons. The normalized spacial score (nSPS) is 11.7. The Morgan fingerprint density at radius 3 is 2.79 bits per heavy atom. The minimum atomic E-state index is -0.313. The topological polar surface area (TPSA) is 94.7 Å². The molecule has 0 saturated heterocycles. The smallest absolute Gasteiger partial charge is 0.141 e. The van der Waals surface area contributed by atoms with Crippen molar-refractivity contribution in [3.63, 3.8) is 0 Å². The summed E-state index contributed by atoms with van der Waals surface area (Å²) in [6.07, 6.45) is 5.10. The van der Waals surface area contributed by atoms with Crippen molar-refractivity contribution in [2.75, 3.05) is 5.32 Å². The number of rotatable bonds is 8. The molecule has 0 saturated carbocycles. The third-order valence-corrected chi connectivity index (χ3v) is 5.18. The highest BCUT2D eigenvalue weighted by atomic mass is 35.5. The average Bonchev–Trinajstić information content (AvgIpc) is 2.83. The molecule has 0 bridgehead atoms. The first-order valence-corrected chi connectivity index (χ1v) is 10.7.